The molecular weight excluding hydrogens is 502 g/mol. The van der Waals surface area contributed by atoms with E-state index in [1.807, 2.05) is 23.1 Å². The van der Waals surface area contributed by atoms with E-state index in [1.54, 1.807) is 0 Å². The van der Waals surface area contributed by atoms with Gasteiger partial charge in [-0.15, -0.1) is 0 Å². The number of carbonyl (C=O) groups is 2. The first-order valence-corrected chi connectivity index (χ1v) is 14.3. The zero-order chi connectivity index (χ0) is 27.5. The summed E-state index contributed by atoms with van der Waals surface area (Å²) in [6.45, 7) is 7.08. The smallest absolute Gasteiger partial charge is 0.236 e. The van der Waals surface area contributed by atoms with Crippen LogP contribution in [0.4, 0.5) is 5.69 Å². The number of aliphatic hydroxyl groups is 2. The summed E-state index contributed by atoms with van der Waals surface area (Å²) < 4.78 is 11.5. The maximum atomic E-state index is 13.0. The minimum Gasteiger partial charge on any atom is -0.493 e. The Morgan fingerprint density at radius 1 is 1.10 bits per heavy atom. The van der Waals surface area contributed by atoms with Crippen molar-refractivity contribution in [2.24, 2.45) is 11.8 Å². The largest absolute Gasteiger partial charge is 0.493 e. The van der Waals surface area contributed by atoms with Crippen LogP contribution in [-0.4, -0.2) is 117 Å². The molecule has 39 heavy (non-hydrogen) atoms. The number of piperidine rings is 1. The second kappa shape index (κ2) is 15.4. The molecule has 1 aromatic carbocycles. The Morgan fingerprint density at radius 2 is 1.92 bits per heavy atom. The van der Waals surface area contributed by atoms with Crippen LogP contribution in [-0.2, 0) is 20.9 Å². The number of morpholine rings is 1. The molecule has 2 bridgehead atoms. The van der Waals surface area contributed by atoms with Crippen molar-refractivity contribution in [2.75, 3.05) is 84.2 Å². The quantitative estimate of drug-likeness (QED) is 0.290. The Balaban J connectivity index is 1.32. The number of carbonyl (C=O) groups excluding carboxylic acids is 2. The zero-order valence-corrected chi connectivity index (χ0v) is 22.9. The van der Waals surface area contributed by atoms with Gasteiger partial charge < -0.3 is 40.5 Å². The third-order valence-corrected chi connectivity index (χ3v) is 7.99. The van der Waals surface area contributed by atoms with Crippen LogP contribution in [0.3, 0.4) is 0 Å². The molecule has 11 nitrogen and oxygen atoms in total. The van der Waals surface area contributed by atoms with Gasteiger partial charge in [0.1, 0.15) is 5.75 Å². The predicted octanol–water partition coefficient (Wildman–Crippen LogP) is 0.0171. The van der Waals surface area contributed by atoms with Gasteiger partial charge in [0.25, 0.3) is 0 Å². The van der Waals surface area contributed by atoms with E-state index < -0.39 is 6.04 Å². The molecule has 3 aliphatic rings. The van der Waals surface area contributed by atoms with Crippen molar-refractivity contribution in [3.63, 3.8) is 0 Å². The second-order valence-corrected chi connectivity index (χ2v) is 10.8. The van der Waals surface area contributed by atoms with Gasteiger partial charge in [-0.1, -0.05) is 0 Å². The van der Waals surface area contributed by atoms with E-state index in [9.17, 15) is 19.8 Å². The minimum atomic E-state index is -0.444. The molecule has 218 valence electrons. The summed E-state index contributed by atoms with van der Waals surface area (Å²) in [5.74, 6) is 1.44. The summed E-state index contributed by atoms with van der Waals surface area (Å²) in [4.78, 5) is 30.0. The molecule has 4 rings (SSSR count). The Kier molecular flexibility index (Phi) is 11.6. The van der Waals surface area contributed by atoms with Crippen molar-refractivity contribution >= 4 is 17.5 Å². The Hall–Kier alpha value is -2.44. The Morgan fingerprint density at radius 3 is 2.72 bits per heavy atom. The molecule has 5 N–H and O–H groups in total. The van der Waals surface area contributed by atoms with E-state index in [0.29, 0.717) is 39.2 Å². The highest BCUT2D eigenvalue weighted by molar-refractivity contribution is 5.78. The van der Waals surface area contributed by atoms with Crippen LogP contribution in [0.15, 0.2) is 18.2 Å². The number of benzene rings is 1. The number of hydrogen-bond acceptors (Lipinski definition) is 9. The SMILES string of the molecule is O=C(C[C@@H]1CCN2C[C@@H]1CCCOc1ccc(NC(CO)CO)cc1CNCC2=O)NCCN1CCOCC1. The molecule has 0 aromatic heterocycles. The summed E-state index contributed by atoms with van der Waals surface area (Å²) in [7, 11) is 0. The molecule has 0 spiro atoms. The van der Waals surface area contributed by atoms with Gasteiger partial charge >= 0.3 is 0 Å². The molecule has 3 aliphatic heterocycles. The molecule has 0 aliphatic carbocycles. The fourth-order valence-corrected chi connectivity index (χ4v) is 5.67. The Bertz CT molecular complexity index is 924. The van der Waals surface area contributed by atoms with Crippen molar-refractivity contribution in [3.8, 4) is 5.75 Å². The number of rotatable bonds is 9. The van der Waals surface area contributed by atoms with E-state index >= 15 is 0 Å². The van der Waals surface area contributed by atoms with Crippen LogP contribution in [0.1, 0.15) is 31.2 Å². The van der Waals surface area contributed by atoms with Crippen molar-refractivity contribution in [1.82, 2.24) is 20.4 Å². The lowest BCUT2D eigenvalue weighted by molar-refractivity contribution is -0.133. The summed E-state index contributed by atoms with van der Waals surface area (Å²) in [6, 6.07) is 5.24. The average Bonchev–Trinajstić information content (AvgIpc) is 2.96. The van der Waals surface area contributed by atoms with Crippen LogP contribution in [0.2, 0.25) is 0 Å². The van der Waals surface area contributed by atoms with E-state index in [4.69, 9.17) is 9.47 Å². The van der Waals surface area contributed by atoms with E-state index in [2.05, 4.69) is 20.9 Å². The fourth-order valence-electron chi connectivity index (χ4n) is 5.67. The first kappa shape index (κ1) is 29.5. The summed E-state index contributed by atoms with van der Waals surface area (Å²) in [5.41, 5.74) is 1.68. The zero-order valence-electron chi connectivity index (χ0n) is 22.9. The molecular formula is C28H45N5O6. The molecule has 0 radical (unpaired) electrons. The van der Waals surface area contributed by atoms with Gasteiger partial charge in [-0.2, -0.15) is 0 Å². The number of fused-ring (bicyclic) bond motifs is 3. The second-order valence-electron chi connectivity index (χ2n) is 10.8. The van der Waals surface area contributed by atoms with E-state index in [-0.39, 0.29) is 43.4 Å². The van der Waals surface area contributed by atoms with Crippen molar-refractivity contribution in [1.29, 1.82) is 0 Å². The number of hydrogen-bond donors (Lipinski definition) is 5. The van der Waals surface area contributed by atoms with E-state index in [1.165, 1.54) is 0 Å². The van der Waals surface area contributed by atoms with Gasteiger partial charge in [-0.25, -0.2) is 0 Å². The number of nitrogens with one attached hydrogen (secondary N) is 3. The molecule has 2 amide bonds. The number of anilines is 1. The molecule has 1 aromatic rings. The van der Waals surface area contributed by atoms with Crippen molar-refractivity contribution < 1.29 is 29.3 Å². The standard InChI is InChI=1S/C28H45N5O6/c34-19-25(20-35)31-24-3-4-26-23(14-24)16-29-17-28(37)33-7-5-21(22(18-33)2-1-11-39-26)15-27(36)30-6-8-32-9-12-38-13-10-32/h3-4,14,21-22,25,29,31,34-35H,1-2,5-13,15-20H2,(H,30,36)/t21-,22-/m0/s1. The monoisotopic (exact) mass is 547 g/mol. The first-order valence-electron chi connectivity index (χ1n) is 14.3. The minimum absolute atomic E-state index is 0.0741. The summed E-state index contributed by atoms with van der Waals surface area (Å²) in [5, 5.41) is 28.3. The summed E-state index contributed by atoms with van der Waals surface area (Å²) >= 11 is 0. The summed E-state index contributed by atoms with van der Waals surface area (Å²) in [6.07, 6.45) is 3.06. The normalized spacial score (nSPS) is 23.2. The lowest BCUT2D eigenvalue weighted by Gasteiger charge is -2.38. The van der Waals surface area contributed by atoms with Crippen LogP contribution in [0, 0.1) is 11.8 Å². The lowest BCUT2D eigenvalue weighted by atomic mass is 9.80. The average molecular weight is 548 g/mol. The van der Waals surface area contributed by atoms with Gasteiger partial charge in [0.15, 0.2) is 0 Å². The first-order chi connectivity index (χ1) is 19.1. The molecule has 0 unspecified atom stereocenters. The number of aliphatic hydroxyl groups excluding tert-OH is 2. The number of ether oxygens (including phenoxy) is 2. The van der Waals surface area contributed by atoms with E-state index in [0.717, 1.165) is 69.1 Å². The highest BCUT2D eigenvalue weighted by atomic mass is 16.5. The Labute approximate surface area is 231 Å². The maximum absolute atomic E-state index is 13.0. The fraction of sp³-hybridized carbons (Fsp3) is 0.714. The van der Waals surface area contributed by atoms with Crippen molar-refractivity contribution in [2.45, 2.75) is 38.3 Å². The number of amides is 2. The third-order valence-electron chi connectivity index (χ3n) is 7.99. The highest BCUT2D eigenvalue weighted by Crippen LogP contribution is 2.31. The van der Waals surface area contributed by atoms with Crippen LogP contribution >= 0.6 is 0 Å². The lowest BCUT2D eigenvalue weighted by Crippen LogP contribution is -2.47. The topological polar surface area (TPSA) is 136 Å². The van der Waals surface area contributed by atoms with Crippen LogP contribution in [0.5, 0.6) is 5.75 Å². The molecule has 0 saturated carbocycles. The number of nitrogens with zero attached hydrogens (tertiary/aromatic N) is 2. The van der Waals surface area contributed by atoms with Crippen LogP contribution < -0.4 is 20.7 Å². The maximum Gasteiger partial charge on any atom is 0.236 e. The van der Waals surface area contributed by atoms with Gasteiger partial charge in [0.05, 0.1) is 45.6 Å². The molecule has 3 heterocycles. The van der Waals surface area contributed by atoms with Gasteiger partial charge in [-0.05, 0) is 49.3 Å². The molecule has 2 saturated heterocycles. The third kappa shape index (κ3) is 9.04. The van der Waals surface area contributed by atoms with Gasteiger partial charge in [0, 0.05) is 63.5 Å². The van der Waals surface area contributed by atoms with Crippen LogP contribution in [0.25, 0.3) is 0 Å². The molecule has 2 fully saturated rings. The molecule has 11 heteroatoms. The van der Waals surface area contributed by atoms with Gasteiger partial charge in [0.2, 0.25) is 11.8 Å². The molecule has 2 atom stereocenters. The van der Waals surface area contributed by atoms with Gasteiger partial charge in [-0.3, -0.25) is 14.5 Å². The predicted molar refractivity (Wildman–Crippen MR) is 148 cm³/mol. The highest BCUT2D eigenvalue weighted by Gasteiger charge is 2.32. The van der Waals surface area contributed by atoms with Crippen molar-refractivity contribution in [3.05, 3.63) is 23.8 Å².